The summed E-state index contributed by atoms with van der Waals surface area (Å²) in [5.41, 5.74) is 0.997. The minimum Gasteiger partial charge on any atom is -0.508 e. The smallest absolute Gasteiger partial charge is 0.267 e. The lowest BCUT2D eigenvalue weighted by atomic mass is 10.3. The molecule has 2 aromatic rings. The molecule has 2 saturated heterocycles. The van der Waals surface area contributed by atoms with Crippen molar-refractivity contribution in [2.75, 3.05) is 23.7 Å². The van der Waals surface area contributed by atoms with Crippen LogP contribution in [0.15, 0.2) is 58.3 Å². The molecule has 4 amide bonds. The molecule has 2 fully saturated rings. The van der Waals surface area contributed by atoms with Crippen molar-refractivity contribution in [2.24, 2.45) is 0 Å². The van der Waals surface area contributed by atoms with Crippen LogP contribution in [0.25, 0.3) is 0 Å². The summed E-state index contributed by atoms with van der Waals surface area (Å²) in [6.07, 6.45) is -0.0601. The molecule has 0 atom stereocenters. The van der Waals surface area contributed by atoms with Crippen molar-refractivity contribution in [1.82, 2.24) is 9.80 Å². The number of anilines is 2. The number of amides is 4. The molecule has 2 aliphatic heterocycles. The second-order valence-electron chi connectivity index (χ2n) is 8.00. The zero-order valence-electron chi connectivity index (χ0n) is 19.5. The molecule has 0 spiro atoms. The standard InChI is InChI=1S/C24H20N4O6S4/c29-15-5-1-13(2-6-15)25-17(31)9-11-27-21(33)19(37-23(27)35)20-22(34)28(24(36)38-20)12-10-18(32)26-14-3-7-16(30)8-4-14/h1-8,29-30H,9-12H2,(H,25,31)(H,26,32)/b20-19+. The van der Waals surface area contributed by atoms with E-state index in [-0.39, 0.29) is 67.7 Å². The second kappa shape index (κ2) is 11.9. The fraction of sp³-hybridized carbons (Fsp3) is 0.167. The highest BCUT2D eigenvalue weighted by atomic mass is 32.2. The van der Waals surface area contributed by atoms with Gasteiger partial charge in [-0.05, 0) is 48.5 Å². The normalized spacial score (nSPS) is 17.4. The SMILES string of the molecule is O=C(CCN1C(=O)/C(=C2\SC(=S)N(CCC(=O)Nc3ccc(O)cc3)C2=O)SC1=S)Nc1ccc(O)cc1. The maximum atomic E-state index is 13.1. The first-order valence-corrected chi connectivity index (χ1v) is 13.6. The predicted octanol–water partition coefficient (Wildman–Crippen LogP) is 3.39. The van der Waals surface area contributed by atoms with Crippen molar-refractivity contribution in [3.8, 4) is 11.5 Å². The van der Waals surface area contributed by atoms with Gasteiger partial charge in [0.05, 0.1) is 9.81 Å². The van der Waals surface area contributed by atoms with Gasteiger partial charge in [-0.15, -0.1) is 0 Å². The highest BCUT2D eigenvalue weighted by Crippen LogP contribution is 2.42. The average molecular weight is 589 g/mol. The third kappa shape index (κ3) is 6.51. The number of nitrogens with zero attached hydrogens (tertiary/aromatic N) is 2. The van der Waals surface area contributed by atoms with E-state index in [9.17, 15) is 29.4 Å². The van der Waals surface area contributed by atoms with Crippen LogP contribution in [0.2, 0.25) is 0 Å². The van der Waals surface area contributed by atoms with Crippen LogP contribution in [0, 0.1) is 0 Å². The number of phenolic OH excluding ortho intramolecular Hbond substituents is 2. The van der Waals surface area contributed by atoms with Gasteiger partial charge in [0.15, 0.2) is 0 Å². The minimum atomic E-state index is -0.483. The van der Waals surface area contributed by atoms with Crippen LogP contribution in [-0.4, -0.2) is 65.4 Å². The van der Waals surface area contributed by atoms with E-state index in [2.05, 4.69) is 10.6 Å². The molecule has 196 valence electrons. The lowest BCUT2D eigenvalue weighted by Crippen LogP contribution is -2.33. The van der Waals surface area contributed by atoms with Gasteiger partial charge in [-0.2, -0.15) is 0 Å². The Balaban J connectivity index is 1.34. The maximum Gasteiger partial charge on any atom is 0.267 e. The van der Waals surface area contributed by atoms with E-state index in [4.69, 9.17) is 24.4 Å². The first kappa shape index (κ1) is 27.6. The highest BCUT2D eigenvalue weighted by Gasteiger charge is 2.42. The van der Waals surface area contributed by atoms with E-state index in [0.717, 1.165) is 23.5 Å². The van der Waals surface area contributed by atoms with E-state index in [0.29, 0.717) is 11.4 Å². The number of carbonyl (C=O) groups is 4. The number of aromatic hydroxyl groups is 2. The quantitative estimate of drug-likeness (QED) is 0.206. The van der Waals surface area contributed by atoms with Crippen LogP contribution in [0.3, 0.4) is 0 Å². The molecule has 0 radical (unpaired) electrons. The topological polar surface area (TPSA) is 139 Å². The molecule has 0 saturated carbocycles. The molecular formula is C24H20N4O6S4. The van der Waals surface area contributed by atoms with E-state index in [1.807, 2.05) is 0 Å². The van der Waals surface area contributed by atoms with Crippen molar-refractivity contribution in [3.05, 3.63) is 58.3 Å². The first-order chi connectivity index (χ1) is 18.1. The molecule has 0 unspecified atom stereocenters. The van der Waals surface area contributed by atoms with Gasteiger partial charge >= 0.3 is 0 Å². The minimum absolute atomic E-state index is 0.0236. The lowest BCUT2D eigenvalue weighted by Gasteiger charge is -2.14. The molecule has 38 heavy (non-hydrogen) atoms. The zero-order valence-corrected chi connectivity index (χ0v) is 22.8. The maximum absolute atomic E-state index is 13.1. The Morgan fingerprint density at radius 3 is 1.37 bits per heavy atom. The molecule has 4 rings (SSSR count). The third-order valence-electron chi connectivity index (χ3n) is 5.33. The number of carbonyl (C=O) groups excluding carboxylic acids is 4. The monoisotopic (exact) mass is 588 g/mol. The molecular weight excluding hydrogens is 569 g/mol. The molecule has 0 aliphatic carbocycles. The van der Waals surface area contributed by atoms with Crippen LogP contribution < -0.4 is 10.6 Å². The van der Waals surface area contributed by atoms with Crippen molar-refractivity contribution >= 4 is 91.6 Å². The van der Waals surface area contributed by atoms with Gasteiger partial charge in [-0.25, -0.2) is 0 Å². The average Bonchev–Trinajstić information content (AvgIpc) is 3.32. The van der Waals surface area contributed by atoms with E-state index < -0.39 is 11.8 Å². The fourth-order valence-electron chi connectivity index (χ4n) is 3.42. The molecule has 0 bridgehead atoms. The highest BCUT2D eigenvalue weighted by molar-refractivity contribution is 8.29. The molecule has 10 nitrogen and oxygen atoms in total. The molecule has 4 N–H and O–H groups in total. The number of nitrogens with one attached hydrogen (secondary N) is 2. The Hall–Kier alpha value is -3.46. The molecule has 2 aliphatic rings. The van der Waals surface area contributed by atoms with E-state index >= 15 is 0 Å². The van der Waals surface area contributed by atoms with E-state index in [1.54, 1.807) is 24.3 Å². The van der Waals surface area contributed by atoms with Gasteiger partial charge in [0, 0.05) is 37.3 Å². The summed E-state index contributed by atoms with van der Waals surface area (Å²) in [7, 11) is 0. The van der Waals surface area contributed by atoms with Crippen LogP contribution in [0.5, 0.6) is 11.5 Å². The summed E-state index contributed by atoms with van der Waals surface area (Å²) in [6.45, 7) is 0.0472. The Bertz CT molecular complexity index is 1260. The molecule has 14 heteroatoms. The Kier molecular flexibility index (Phi) is 8.66. The summed E-state index contributed by atoms with van der Waals surface area (Å²) in [4.78, 5) is 53.5. The number of benzene rings is 2. The van der Waals surface area contributed by atoms with Crippen molar-refractivity contribution in [1.29, 1.82) is 0 Å². The number of hydrogen-bond donors (Lipinski definition) is 4. The van der Waals surface area contributed by atoms with Crippen molar-refractivity contribution < 1.29 is 29.4 Å². The molecule has 2 aromatic carbocycles. The number of rotatable bonds is 8. The Morgan fingerprint density at radius 1 is 0.684 bits per heavy atom. The lowest BCUT2D eigenvalue weighted by molar-refractivity contribution is -0.125. The van der Waals surface area contributed by atoms with Crippen LogP contribution in [0.1, 0.15) is 12.8 Å². The van der Waals surface area contributed by atoms with Gasteiger partial charge in [-0.1, -0.05) is 48.0 Å². The Labute approximate surface area is 236 Å². The summed E-state index contributed by atoms with van der Waals surface area (Å²) >= 11 is 12.6. The van der Waals surface area contributed by atoms with Gasteiger partial charge in [0.1, 0.15) is 20.1 Å². The summed E-state index contributed by atoms with van der Waals surface area (Å²) in [6, 6.07) is 12.0. The first-order valence-electron chi connectivity index (χ1n) is 11.1. The van der Waals surface area contributed by atoms with Gasteiger partial charge in [0.2, 0.25) is 11.8 Å². The second-order valence-corrected chi connectivity index (χ2v) is 11.3. The predicted molar refractivity (Wildman–Crippen MR) is 154 cm³/mol. The summed E-state index contributed by atoms with van der Waals surface area (Å²) in [5.74, 6) is -1.51. The Morgan fingerprint density at radius 2 is 1.03 bits per heavy atom. The molecule has 0 aromatic heterocycles. The van der Waals surface area contributed by atoms with Gasteiger partial charge in [-0.3, -0.25) is 29.0 Å². The van der Waals surface area contributed by atoms with Crippen molar-refractivity contribution in [3.63, 3.8) is 0 Å². The number of thioether (sulfide) groups is 2. The van der Waals surface area contributed by atoms with Crippen LogP contribution in [0.4, 0.5) is 11.4 Å². The number of thiocarbonyl (C=S) groups is 2. The summed E-state index contributed by atoms with van der Waals surface area (Å²) < 4.78 is 0.446. The van der Waals surface area contributed by atoms with Crippen LogP contribution >= 0.6 is 48.0 Å². The van der Waals surface area contributed by atoms with Crippen LogP contribution in [-0.2, 0) is 19.2 Å². The largest absolute Gasteiger partial charge is 0.508 e. The molecule has 2 heterocycles. The number of phenols is 2. The number of hydrogen-bond acceptors (Lipinski definition) is 10. The zero-order chi connectivity index (χ0) is 27.4. The summed E-state index contributed by atoms with van der Waals surface area (Å²) in [5, 5.41) is 24.0. The van der Waals surface area contributed by atoms with Gasteiger partial charge in [0.25, 0.3) is 11.8 Å². The van der Waals surface area contributed by atoms with Gasteiger partial charge < -0.3 is 20.8 Å². The van der Waals surface area contributed by atoms with Crippen molar-refractivity contribution in [2.45, 2.75) is 12.8 Å². The van der Waals surface area contributed by atoms with E-state index in [1.165, 1.54) is 34.1 Å². The third-order valence-corrected chi connectivity index (χ3v) is 8.36. The fourth-order valence-corrected chi connectivity index (χ4v) is 6.19.